The molecule has 7 heteroatoms. The van der Waals surface area contributed by atoms with Gasteiger partial charge in [-0.15, -0.1) is 0 Å². The Balaban J connectivity index is 1.48. The fraction of sp³-hybridized carbons (Fsp3) is 0.708. The number of carbonyl (C=O) groups is 1. The average molecular weight is 448 g/mol. The molecule has 1 aromatic rings. The van der Waals surface area contributed by atoms with E-state index in [4.69, 9.17) is 0 Å². The lowest BCUT2D eigenvalue weighted by Crippen LogP contribution is -2.52. The van der Waals surface area contributed by atoms with E-state index in [1.54, 1.807) is 4.90 Å². The van der Waals surface area contributed by atoms with Crippen LogP contribution in [0.2, 0.25) is 0 Å². The minimum absolute atomic E-state index is 0.121. The molecule has 1 amide bonds. The smallest absolute Gasteiger partial charge is 0.245 e. The molecule has 2 saturated carbocycles. The van der Waals surface area contributed by atoms with Crippen LogP contribution in [0.4, 0.5) is 5.69 Å². The predicted octanol–water partition coefficient (Wildman–Crippen LogP) is 3.37. The van der Waals surface area contributed by atoms with E-state index in [0.29, 0.717) is 19.0 Å². The van der Waals surface area contributed by atoms with Crippen molar-refractivity contribution in [1.82, 2.24) is 9.21 Å². The summed E-state index contributed by atoms with van der Waals surface area (Å²) in [5.41, 5.74) is 2.50. The zero-order chi connectivity index (χ0) is 22.4. The van der Waals surface area contributed by atoms with E-state index in [0.717, 1.165) is 31.0 Å². The normalized spacial score (nSPS) is 24.2. The maximum Gasteiger partial charge on any atom is 0.245 e. The van der Waals surface area contributed by atoms with Gasteiger partial charge in [0.25, 0.3) is 0 Å². The van der Waals surface area contributed by atoms with E-state index in [-0.39, 0.29) is 11.3 Å². The van der Waals surface area contributed by atoms with E-state index in [9.17, 15) is 13.2 Å². The molecule has 0 bridgehead atoms. The largest absolute Gasteiger partial charge is 0.311 e. The van der Waals surface area contributed by atoms with Gasteiger partial charge in [0, 0.05) is 43.3 Å². The van der Waals surface area contributed by atoms with Crippen LogP contribution in [0.25, 0.3) is 0 Å². The Morgan fingerprint density at radius 2 is 1.74 bits per heavy atom. The van der Waals surface area contributed by atoms with Crippen LogP contribution < -0.4 is 4.90 Å². The number of rotatable bonds is 8. The molecule has 0 N–H and O–H groups in total. The second kappa shape index (κ2) is 8.49. The fourth-order valence-electron chi connectivity index (χ4n) is 5.17. The van der Waals surface area contributed by atoms with Gasteiger partial charge in [0.1, 0.15) is 6.04 Å². The molecule has 1 saturated heterocycles. The molecule has 3 aliphatic rings. The highest BCUT2D eigenvalue weighted by Crippen LogP contribution is 2.50. The first-order chi connectivity index (χ1) is 14.6. The molecule has 0 spiro atoms. The van der Waals surface area contributed by atoms with Crippen LogP contribution in [-0.4, -0.2) is 68.0 Å². The average Bonchev–Trinajstić information content (AvgIpc) is 3.46. The van der Waals surface area contributed by atoms with Crippen LogP contribution in [-0.2, 0) is 20.2 Å². The van der Waals surface area contributed by atoms with E-state index in [1.165, 1.54) is 49.0 Å². The first-order valence-corrected chi connectivity index (χ1v) is 13.6. The maximum atomic E-state index is 13.1. The Morgan fingerprint density at radius 3 is 2.23 bits per heavy atom. The Kier molecular flexibility index (Phi) is 6.23. The zero-order valence-corrected chi connectivity index (χ0v) is 20.2. The van der Waals surface area contributed by atoms with Gasteiger partial charge in [0.2, 0.25) is 15.9 Å². The molecule has 6 nitrogen and oxygen atoms in total. The van der Waals surface area contributed by atoms with Gasteiger partial charge in [-0.2, -0.15) is 4.31 Å². The molecule has 0 radical (unpaired) electrons. The summed E-state index contributed by atoms with van der Waals surface area (Å²) in [5, 5.41) is 0. The third kappa shape index (κ3) is 4.55. The molecule has 172 valence electrons. The van der Waals surface area contributed by atoms with Crippen molar-refractivity contribution in [2.45, 2.75) is 82.3 Å². The molecule has 1 aromatic carbocycles. The summed E-state index contributed by atoms with van der Waals surface area (Å²) in [4.78, 5) is 17.5. The molecule has 31 heavy (non-hydrogen) atoms. The number of amides is 1. The quantitative estimate of drug-likeness (QED) is 0.613. The van der Waals surface area contributed by atoms with Gasteiger partial charge >= 0.3 is 0 Å². The number of nitrogens with zero attached hydrogens (tertiary/aromatic N) is 3. The number of carbonyl (C=O) groups excluding carboxylic acids is 1. The van der Waals surface area contributed by atoms with E-state index < -0.39 is 16.1 Å². The first-order valence-electron chi connectivity index (χ1n) is 11.7. The van der Waals surface area contributed by atoms with Crippen LogP contribution in [0.15, 0.2) is 24.3 Å². The molecular weight excluding hydrogens is 410 g/mol. The van der Waals surface area contributed by atoms with Gasteiger partial charge in [-0.05, 0) is 70.1 Å². The summed E-state index contributed by atoms with van der Waals surface area (Å²) in [7, 11) is -1.90. The first kappa shape index (κ1) is 22.7. The SMILES string of the molecule is CC(C)N(CC1(c2ccc(N3CCCC(N(C)S(C)(=O)=O)C3=O)cc2)CC1)C1CCC1. The molecule has 1 heterocycles. The minimum Gasteiger partial charge on any atom is -0.311 e. The molecule has 1 atom stereocenters. The third-order valence-corrected chi connectivity index (χ3v) is 9.01. The highest BCUT2D eigenvalue weighted by molar-refractivity contribution is 7.88. The topological polar surface area (TPSA) is 60.9 Å². The van der Waals surface area contributed by atoms with Crippen molar-refractivity contribution >= 4 is 21.6 Å². The van der Waals surface area contributed by atoms with Crippen LogP contribution in [0.5, 0.6) is 0 Å². The van der Waals surface area contributed by atoms with Crippen LogP contribution in [0, 0.1) is 0 Å². The summed E-state index contributed by atoms with van der Waals surface area (Å²) < 4.78 is 25.1. The second-order valence-corrected chi connectivity index (χ2v) is 12.1. The lowest BCUT2D eigenvalue weighted by molar-refractivity contribution is -0.123. The lowest BCUT2D eigenvalue weighted by Gasteiger charge is -2.42. The van der Waals surface area contributed by atoms with Gasteiger partial charge in [0.05, 0.1) is 6.26 Å². The Labute approximate surface area is 187 Å². The number of sulfonamides is 1. The zero-order valence-electron chi connectivity index (χ0n) is 19.4. The van der Waals surface area contributed by atoms with Crippen molar-refractivity contribution in [3.8, 4) is 0 Å². The van der Waals surface area contributed by atoms with Crippen molar-refractivity contribution < 1.29 is 13.2 Å². The third-order valence-electron chi connectivity index (χ3n) is 7.71. The molecular formula is C24H37N3O3S. The van der Waals surface area contributed by atoms with Gasteiger partial charge in [0.15, 0.2) is 0 Å². The summed E-state index contributed by atoms with van der Waals surface area (Å²) in [6.45, 7) is 6.38. The van der Waals surface area contributed by atoms with Gasteiger partial charge < -0.3 is 4.90 Å². The lowest BCUT2D eigenvalue weighted by atomic mass is 9.87. The minimum atomic E-state index is -3.40. The molecule has 1 unspecified atom stereocenters. The Hall–Kier alpha value is -1.44. The van der Waals surface area contributed by atoms with E-state index in [2.05, 4.69) is 43.0 Å². The van der Waals surface area contributed by atoms with Crippen LogP contribution in [0.3, 0.4) is 0 Å². The van der Waals surface area contributed by atoms with Gasteiger partial charge in [-0.25, -0.2) is 8.42 Å². The standard InChI is InChI=1S/C24H37N3O3S/c1-18(2)27(20-7-5-8-20)17-24(14-15-24)19-10-12-21(13-11-19)26-16-6-9-22(23(26)28)25(3)31(4,29)30/h10-13,18,20,22H,5-9,14-17H2,1-4H3. The molecule has 3 fully saturated rings. The van der Waals surface area contributed by atoms with E-state index >= 15 is 0 Å². The van der Waals surface area contributed by atoms with Crippen molar-refractivity contribution in [2.75, 3.05) is 31.3 Å². The van der Waals surface area contributed by atoms with Crippen molar-refractivity contribution in [1.29, 1.82) is 0 Å². The summed E-state index contributed by atoms with van der Waals surface area (Å²) in [5.74, 6) is -0.121. The molecule has 4 rings (SSSR count). The number of hydrogen-bond acceptors (Lipinski definition) is 4. The van der Waals surface area contributed by atoms with Crippen molar-refractivity contribution in [2.24, 2.45) is 0 Å². The number of piperidine rings is 1. The van der Waals surface area contributed by atoms with Gasteiger partial charge in [-0.1, -0.05) is 18.6 Å². The number of anilines is 1. The van der Waals surface area contributed by atoms with Crippen LogP contribution in [0.1, 0.15) is 64.4 Å². The highest BCUT2D eigenvalue weighted by Gasteiger charge is 2.47. The summed E-state index contributed by atoms with van der Waals surface area (Å²) in [6.07, 6.45) is 9.00. The fourth-order valence-corrected chi connectivity index (χ4v) is 5.82. The number of hydrogen-bond donors (Lipinski definition) is 0. The highest BCUT2D eigenvalue weighted by atomic mass is 32.2. The second-order valence-electron chi connectivity index (χ2n) is 10.1. The maximum absolute atomic E-state index is 13.1. The molecule has 2 aliphatic carbocycles. The van der Waals surface area contributed by atoms with Crippen molar-refractivity contribution in [3.05, 3.63) is 29.8 Å². The number of likely N-dealkylation sites (N-methyl/N-ethyl adjacent to an activating group) is 1. The summed E-state index contributed by atoms with van der Waals surface area (Å²) in [6, 6.07) is 9.19. The molecule has 1 aliphatic heterocycles. The summed E-state index contributed by atoms with van der Waals surface area (Å²) >= 11 is 0. The predicted molar refractivity (Wildman–Crippen MR) is 125 cm³/mol. The molecule has 0 aromatic heterocycles. The van der Waals surface area contributed by atoms with Crippen LogP contribution >= 0.6 is 0 Å². The monoisotopic (exact) mass is 447 g/mol. The Morgan fingerprint density at radius 1 is 1.10 bits per heavy atom. The Bertz CT molecular complexity index is 905. The van der Waals surface area contributed by atoms with Gasteiger partial charge in [-0.3, -0.25) is 9.69 Å². The number of benzene rings is 1. The van der Waals surface area contributed by atoms with Crippen molar-refractivity contribution in [3.63, 3.8) is 0 Å². The van der Waals surface area contributed by atoms with E-state index in [1.807, 2.05) is 0 Å².